The predicted molar refractivity (Wildman–Crippen MR) is 143 cm³/mol. The highest BCUT2D eigenvalue weighted by molar-refractivity contribution is 9.10. The summed E-state index contributed by atoms with van der Waals surface area (Å²) in [6, 6.07) is 41.3. The Kier molecular flexibility index (Phi) is 4.02. The smallest absolute Gasteiger partial charge is 0.0541 e. The van der Waals surface area contributed by atoms with Gasteiger partial charge < -0.3 is 9.13 Å². The lowest BCUT2D eigenvalue weighted by atomic mass is 10.2. The Labute approximate surface area is 199 Å². The second-order valence-electron chi connectivity index (χ2n) is 8.40. The molecule has 0 unspecified atom stereocenters. The Morgan fingerprint density at radius 3 is 1.39 bits per heavy atom. The standard InChI is InChI=1S/C30H19BrN2/c31-20-16-17-30-26(18-20)25-12-3-6-15-29(25)33(30)22-9-7-8-21(19-22)32-27-13-4-1-10-23(27)24-11-2-5-14-28(24)32/h1-19H. The molecule has 2 heterocycles. The molecule has 0 aliphatic rings. The molecule has 3 heteroatoms. The van der Waals surface area contributed by atoms with Crippen molar-refractivity contribution in [3.05, 3.63) is 120 Å². The van der Waals surface area contributed by atoms with Gasteiger partial charge in [0.15, 0.2) is 0 Å². The molecule has 0 spiro atoms. The van der Waals surface area contributed by atoms with Crippen LogP contribution in [0.4, 0.5) is 0 Å². The molecular formula is C30H19BrN2. The molecule has 2 aromatic heterocycles. The van der Waals surface area contributed by atoms with E-state index >= 15 is 0 Å². The van der Waals surface area contributed by atoms with E-state index in [1.807, 2.05) is 0 Å². The van der Waals surface area contributed by atoms with E-state index in [-0.39, 0.29) is 0 Å². The first-order chi connectivity index (χ1) is 16.3. The van der Waals surface area contributed by atoms with Crippen molar-refractivity contribution in [2.75, 3.05) is 0 Å². The third kappa shape index (κ3) is 2.73. The van der Waals surface area contributed by atoms with Gasteiger partial charge in [-0.25, -0.2) is 0 Å². The lowest BCUT2D eigenvalue weighted by molar-refractivity contribution is 1.13. The molecular weight excluding hydrogens is 468 g/mol. The average Bonchev–Trinajstić information content (AvgIpc) is 3.37. The first-order valence-corrected chi connectivity index (χ1v) is 11.9. The van der Waals surface area contributed by atoms with Crippen LogP contribution in [0.15, 0.2) is 120 Å². The zero-order valence-electron chi connectivity index (χ0n) is 17.7. The highest BCUT2D eigenvalue weighted by Gasteiger charge is 2.15. The number of hydrogen-bond donors (Lipinski definition) is 0. The second-order valence-corrected chi connectivity index (χ2v) is 9.32. The van der Waals surface area contributed by atoms with E-state index in [0.29, 0.717) is 0 Å². The SMILES string of the molecule is Brc1ccc2c(c1)c1ccccc1n2-c1cccc(-n2c3ccccc3c3ccccc32)c1. The van der Waals surface area contributed by atoms with Crippen LogP contribution >= 0.6 is 15.9 Å². The molecule has 0 amide bonds. The molecule has 0 saturated heterocycles. The zero-order chi connectivity index (χ0) is 21.9. The van der Waals surface area contributed by atoms with Crippen molar-refractivity contribution in [3.8, 4) is 11.4 Å². The predicted octanol–water partition coefficient (Wildman–Crippen LogP) is 8.64. The Hall–Kier alpha value is -3.82. The maximum absolute atomic E-state index is 3.65. The largest absolute Gasteiger partial charge is 0.309 e. The first kappa shape index (κ1) is 18.7. The molecule has 5 aromatic carbocycles. The minimum absolute atomic E-state index is 1.09. The van der Waals surface area contributed by atoms with Gasteiger partial charge in [-0.05, 0) is 54.6 Å². The molecule has 0 N–H and O–H groups in total. The fourth-order valence-electron chi connectivity index (χ4n) is 5.20. The van der Waals surface area contributed by atoms with Crippen LogP contribution in [0, 0.1) is 0 Å². The van der Waals surface area contributed by atoms with E-state index in [1.54, 1.807) is 0 Å². The third-order valence-electron chi connectivity index (χ3n) is 6.56. The van der Waals surface area contributed by atoms with Crippen LogP contribution in [0.2, 0.25) is 0 Å². The Morgan fingerprint density at radius 1 is 0.394 bits per heavy atom. The number of fused-ring (bicyclic) bond motifs is 6. The summed E-state index contributed by atoms with van der Waals surface area (Å²) in [5, 5.41) is 5.07. The van der Waals surface area contributed by atoms with Gasteiger partial charge >= 0.3 is 0 Å². The number of para-hydroxylation sites is 3. The molecule has 0 atom stereocenters. The van der Waals surface area contributed by atoms with Gasteiger partial charge in [0.05, 0.1) is 22.1 Å². The lowest BCUT2D eigenvalue weighted by Gasteiger charge is -2.12. The zero-order valence-corrected chi connectivity index (χ0v) is 19.3. The Balaban J connectivity index is 1.55. The lowest BCUT2D eigenvalue weighted by Crippen LogP contribution is -1.98. The topological polar surface area (TPSA) is 9.86 Å². The normalized spacial score (nSPS) is 11.8. The maximum atomic E-state index is 3.65. The summed E-state index contributed by atoms with van der Waals surface area (Å²) >= 11 is 3.65. The van der Waals surface area contributed by atoms with Crippen LogP contribution in [0.1, 0.15) is 0 Å². The number of hydrogen-bond acceptors (Lipinski definition) is 0. The fraction of sp³-hybridized carbons (Fsp3) is 0. The van der Waals surface area contributed by atoms with Crippen LogP contribution in [0.5, 0.6) is 0 Å². The quantitative estimate of drug-likeness (QED) is 0.231. The molecule has 0 aliphatic carbocycles. The molecule has 7 aromatic rings. The molecule has 0 bridgehead atoms. The number of nitrogens with zero attached hydrogens (tertiary/aromatic N) is 2. The van der Waals surface area contributed by atoms with E-state index in [2.05, 4.69) is 140 Å². The third-order valence-corrected chi connectivity index (χ3v) is 7.05. The summed E-state index contributed by atoms with van der Waals surface area (Å²) < 4.78 is 5.84. The molecule has 0 saturated carbocycles. The highest BCUT2D eigenvalue weighted by atomic mass is 79.9. The molecule has 0 aliphatic heterocycles. The van der Waals surface area contributed by atoms with E-state index < -0.39 is 0 Å². The van der Waals surface area contributed by atoms with Gasteiger partial charge in [-0.3, -0.25) is 0 Å². The molecule has 7 rings (SSSR count). The first-order valence-electron chi connectivity index (χ1n) is 11.1. The molecule has 33 heavy (non-hydrogen) atoms. The van der Waals surface area contributed by atoms with E-state index in [9.17, 15) is 0 Å². The van der Waals surface area contributed by atoms with E-state index in [1.165, 1.54) is 43.6 Å². The van der Waals surface area contributed by atoms with Gasteiger partial charge in [0, 0.05) is 37.4 Å². The number of rotatable bonds is 2. The van der Waals surface area contributed by atoms with Crippen molar-refractivity contribution in [2.24, 2.45) is 0 Å². The fourth-order valence-corrected chi connectivity index (χ4v) is 5.56. The van der Waals surface area contributed by atoms with Crippen molar-refractivity contribution in [3.63, 3.8) is 0 Å². The Bertz CT molecular complexity index is 1780. The summed E-state index contributed by atoms with van der Waals surface area (Å²) in [6.45, 7) is 0. The van der Waals surface area contributed by atoms with Crippen molar-refractivity contribution >= 4 is 59.5 Å². The minimum Gasteiger partial charge on any atom is -0.309 e. The summed E-state index contributed by atoms with van der Waals surface area (Å²) in [4.78, 5) is 0. The van der Waals surface area contributed by atoms with Crippen molar-refractivity contribution in [1.82, 2.24) is 9.13 Å². The van der Waals surface area contributed by atoms with Crippen molar-refractivity contribution in [2.45, 2.75) is 0 Å². The second kappa shape index (κ2) is 7.09. The van der Waals surface area contributed by atoms with Crippen LogP contribution in [0.25, 0.3) is 55.0 Å². The van der Waals surface area contributed by atoms with Gasteiger partial charge in [0.25, 0.3) is 0 Å². The molecule has 0 fully saturated rings. The van der Waals surface area contributed by atoms with Gasteiger partial charge in [-0.1, -0.05) is 76.6 Å². The number of aromatic nitrogens is 2. The number of benzene rings is 5. The molecule has 2 nitrogen and oxygen atoms in total. The average molecular weight is 487 g/mol. The summed E-state index contributed by atoms with van der Waals surface area (Å²) in [5.41, 5.74) is 7.18. The van der Waals surface area contributed by atoms with Gasteiger partial charge in [-0.2, -0.15) is 0 Å². The summed E-state index contributed by atoms with van der Waals surface area (Å²) in [6.07, 6.45) is 0. The summed E-state index contributed by atoms with van der Waals surface area (Å²) in [5.74, 6) is 0. The van der Waals surface area contributed by atoms with Crippen molar-refractivity contribution in [1.29, 1.82) is 0 Å². The van der Waals surface area contributed by atoms with Gasteiger partial charge in [0.1, 0.15) is 0 Å². The van der Waals surface area contributed by atoms with Crippen LogP contribution in [-0.4, -0.2) is 9.13 Å². The number of halogens is 1. The van der Waals surface area contributed by atoms with Gasteiger partial charge in [-0.15, -0.1) is 0 Å². The summed E-state index contributed by atoms with van der Waals surface area (Å²) in [7, 11) is 0. The highest BCUT2D eigenvalue weighted by Crippen LogP contribution is 2.36. The van der Waals surface area contributed by atoms with Crippen molar-refractivity contribution < 1.29 is 0 Å². The van der Waals surface area contributed by atoms with E-state index in [4.69, 9.17) is 0 Å². The van der Waals surface area contributed by atoms with E-state index in [0.717, 1.165) is 15.8 Å². The Morgan fingerprint density at radius 2 is 0.848 bits per heavy atom. The monoisotopic (exact) mass is 486 g/mol. The molecule has 156 valence electrons. The minimum atomic E-state index is 1.09. The van der Waals surface area contributed by atoms with Gasteiger partial charge in [0.2, 0.25) is 0 Å². The van der Waals surface area contributed by atoms with Crippen LogP contribution < -0.4 is 0 Å². The maximum Gasteiger partial charge on any atom is 0.0541 e. The molecule has 0 radical (unpaired) electrons. The van der Waals surface area contributed by atoms with Crippen LogP contribution in [0.3, 0.4) is 0 Å². The van der Waals surface area contributed by atoms with Crippen LogP contribution in [-0.2, 0) is 0 Å².